The van der Waals surface area contributed by atoms with Crippen LogP contribution >= 0.6 is 0 Å². The summed E-state index contributed by atoms with van der Waals surface area (Å²) in [4.78, 5) is 0.316. The van der Waals surface area contributed by atoms with Crippen molar-refractivity contribution in [1.29, 1.82) is 0 Å². The van der Waals surface area contributed by atoms with Crippen molar-refractivity contribution in [3.05, 3.63) is 29.8 Å². The molecule has 2 aliphatic rings. The number of nitrogens with two attached hydrogens (primary N) is 1. The van der Waals surface area contributed by atoms with Gasteiger partial charge in [0.15, 0.2) is 0 Å². The van der Waals surface area contributed by atoms with E-state index in [2.05, 4.69) is 0 Å². The van der Waals surface area contributed by atoms with Crippen molar-refractivity contribution in [3.63, 3.8) is 0 Å². The van der Waals surface area contributed by atoms with Crippen LogP contribution in [0.2, 0.25) is 0 Å². The Labute approximate surface area is 119 Å². The van der Waals surface area contributed by atoms with E-state index in [4.69, 9.17) is 5.73 Å². The number of rotatable bonds is 3. The molecule has 0 amide bonds. The van der Waals surface area contributed by atoms with Gasteiger partial charge in [-0.1, -0.05) is 18.2 Å². The van der Waals surface area contributed by atoms with Gasteiger partial charge < -0.3 is 10.8 Å². The Morgan fingerprint density at radius 1 is 1.20 bits per heavy atom. The molecular weight excluding hydrogens is 276 g/mol. The second-order valence-electron chi connectivity index (χ2n) is 5.66. The molecule has 3 rings (SSSR count). The molecule has 2 saturated heterocycles. The fourth-order valence-electron chi connectivity index (χ4n) is 3.54. The van der Waals surface area contributed by atoms with Gasteiger partial charge in [0, 0.05) is 18.6 Å². The smallest absolute Gasteiger partial charge is 0.243 e. The summed E-state index contributed by atoms with van der Waals surface area (Å²) < 4.78 is 27.5. The fourth-order valence-corrected chi connectivity index (χ4v) is 5.66. The van der Waals surface area contributed by atoms with Crippen molar-refractivity contribution >= 4 is 10.0 Å². The summed E-state index contributed by atoms with van der Waals surface area (Å²) >= 11 is 0. The summed E-state index contributed by atoms with van der Waals surface area (Å²) in [5.74, 6) is 0. The lowest BCUT2D eigenvalue weighted by Gasteiger charge is -2.36. The lowest BCUT2D eigenvalue weighted by molar-refractivity contribution is 0.0768. The zero-order valence-electron chi connectivity index (χ0n) is 11.3. The lowest BCUT2D eigenvalue weighted by atomic mass is 10.0. The first-order valence-electron chi connectivity index (χ1n) is 7.03. The molecule has 3 N–H and O–H groups in total. The van der Waals surface area contributed by atoms with Crippen LogP contribution in [0.1, 0.15) is 31.2 Å². The van der Waals surface area contributed by atoms with Crippen LogP contribution in [0.5, 0.6) is 0 Å². The van der Waals surface area contributed by atoms with Crippen LogP contribution in [0.25, 0.3) is 0 Å². The van der Waals surface area contributed by atoms with Gasteiger partial charge in [-0.25, -0.2) is 8.42 Å². The van der Waals surface area contributed by atoms with E-state index >= 15 is 0 Å². The minimum absolute atomic E-state index is 0.0698. The standard InChI is InChI=1S/C14H20N2O3S/c15-9-10-3-1-2-4-14(10)20(18,19)16-11-5-6-12(16)8-13(17)7-11/h1-4,11-13,17H,5-9,15H2. The summed E-state index contributed by atoms with van der Waals surface area (Å²) in [6, 6.07) is 6.78. The van der Waals surface area contributed by atoms with Gasteiger partial charge in [0.05, 0.1) is 11.0 Å². The molecule has 110 valence electrons. The fraction of sp³-hybridized carbons (Fsp3) is 0.571. The number of sulfonamides is 1. The van der Waals surface area contributed by atoms with Crippen molar-refractivity contribution in [2.75, 3.05) is 0 Å². The predicted molar refractivity (Wildman–Crippen MR) is 75.4 cm³/mol. The molecule has 0 aromatic heterocycles. The second kappa shape index (κ2) is 5.11. The SMILES string of the molecule is NCc1ccccc1S(=O)(=O)N1C2CCC1CC(O)C2. The second-order valence-corrected chi connectivity index (χ2v) is 7.47. The van der Waals surface area contributed by atoms with Gasteiger partial charge in [-0.05, 0) is 37.3 Å². The van der Waals surface area contributed by atoms with Crippen LogP contribution in [0, 0.1) is 0 Å². The Morgan fingerprint density at radius 2 is 1.80 bits per heavy atom. The minimum Gasteiger partial charge on any atom is -0.393 e. The third-order valence-electron chi connectivity index (χ3n) is 4.39. The van der Waals surface area contributed by atoms with Crippen LogP contribution in [0.15, 0.2) is 29.2 Å². The lowest BCUT2D eigenvalue weighted by Crippen LogP contribution is -2.48. The number of nitrogens with zero attached hydrogens (tertiary/aromatic N) is 1. The molecule has 1 aromatic carbocycles. The number of aliphatic hydroxyl groups is 1. The largest absolute Gasteiger partial charge is 0.393 e. The highest BCUT2D eigenvalue weighted by molar-refractivity contribution is 7.89. The van der Waals surface area contributed by atoms with Gasteiger partial charge >= 0.3 is 0 Å². The molecule has 0 spiro atoms. The normalized spacial score (nSPS) is 30.6. The summed E-state index contributed by atoms with van der Waals surface area (Å²) in [7, 11) is -3.52. The van der Waals surface area contributed by atoms with Gasteiger partial charge in [0.1, 0.15) is 0 Å². The molecule has 2 fully saturated rings. The van der Waals surface area contributed by atoms with Crippen LogP contribution in [0.3, 0.4) is 0 Å². The average Bonchev–Trinajstić information content (AvgIpc) is 2.72. The van der Waals surface area contributed by atoms with Crippen molar-refractivity contribution in [3.8, 4) is 0 Å². The maximum Gasteiger partial charge on any atom is 0.243 e. The van der Waals surface area contributed by atoms with Gasteiger partial charge in [0.25, 0.3) is 0 Å². The topological polar surface area (TPSA) is 83.6 Å². The molecule has 20 heavy (non-hydrogen) atoms. The first-order chi connectivity index (χ1) is 9.54. The molecule has 2 unspecified atom stereocenters. The molecule has 6 heteroatoms. The van der Waals surface area contributed by atoms with Gasteiger partial charge in [-0.3, -0.25) is 0 Å². The van der Waals surface area contributed by atoms with Gasteiger partial charge in [-0.15, -0.1) is 0 Å². The monoisotopic (exact) mass is 296 g/mol. The maximum atomic E-state index is 12.9. The number of fused-ring (bicyclic) bond motifs is 2. The van der Waals surface area contributed by atoms with E-state index in [-0.39, 0.29) is 24.7 Å². The van der Waals surface area contributed by atoms with Crippen LogP contribution in [-0.2, 0) is 16.6 Å². The van der Waals surface area contributed by atoms with E-state index in [1.807, 2.05) is 0 Å². The molecule has 2 atom stereocenters. The Bertz CT molecular complexity index is 588. The van der Waals surface area contributed by atoms with Crippen molar-refractivity contribution in [2.45, 2.75) is 55.3 Å². The van der Waals surface area contributed by atoms with E-state index < -0.39 is 10.0 Å². The number of hydrogen-bond acceptors (Lipinski definition) is 4. The first kappa shape index (κ1) is 14.0. The number of benzene rings is 1. The highest BCUT2D eigenvalue weighted by Crippen LogP contribution is 2.40. The molecular formula is C14H20N2O3S. The molecule has 2 bridgehead atoms. The molecule has 2 heterocycles. The van der Waals surface area contributed by atoms with Gasteiger partial charge in [0.2, 0.25) is 10.0 Å². The highest BCUT2D eigenvalue weighted by Gasteiger charge is 2.47. The van der Waals surface area contributed by atoms with Crippen molar-refractivity contribution in [1.82, 2.24) is 4.31 Å². The number of piperidine rings is 1. The Kier molecular flexibility index (Phi) is 3.58. The third-order valence-corrected chi connectivity index (χ3v) is 6.49. The van der Waals surface area contributed by atoms with Crippen molar-refractivity contribution < 1.29 is 13.5 Å². The van der Waals surface area contributed by atoms with E-state index in [1.165, 1.54) is 0 Å². The third kappa shape index (κ3) is 2.16. The van der Waals surface area contributed by atoms with E-state index in [0.717, 1.165) is 12.8 Å². The zero-order chi connectivity index (χ0) is 14.3. The summed E-state index contributed by atoms with van der Waals surface area (Å²) in [5.41, 5.74) is 6.31. The Hall–Kier alpha value is -0.950. The van der Waals surface area contributed by atoms with E-state index in [9.17, 15) is 13.5 Å². The van der Waals surface area contributed by atoms with Crippen LogP contribution in [0.4, 0.5) is 0 Å². The Morgan fingerprint density at radius 3 is 2.40 bits per heavy atom. The van der Waals surface area contributed by atoms with Gasteiger partial charge in [-0.2, -0.15) is 4.31 Å². The summed E-state index contributed by atoms with van der Waals surface area (Å²) in [6.45, 7) is 0.210. The first-order valence-corrected chi connectivity index (χ1v) is 8.47. The Balaban J connectivity index is 2.01. The van der Waals surface area contributed by atoms with Crippen molar-refractivity contribution in [2.24, 2.45) is 5.73 Å². The average molecular weight is 296 g/mol. The van der Waals surface area contributed by atoms with Crippen LogP contribution < -0.4 is 5.73 Å². The van der Waals surface area contributed by atoms with E-state index in [1.54, 1.807) is 28.6 Å². The summed E-state index contributed by atoms with van der Waals surface area (Å²) in [5, 5.41) is 9.80. The van der Waals surface area contributed by atoms with E-state index in [0.29, 0.717) is 23.3 Å². The zero-order valence-corrected chi connectivity index (χ0v) is 12.1. The van der Waals surface area contributed by atoms with Crippen LogP contribution in [-0.4, -0.2) is 36.0 Å². The molecule has 0 saturated carbocycles. The summed E-state index contributed by atoms with van der Waals surface area (Å²) in [6.07, 6.45) is 2.39. The molecule has 0 radical (unpaired) electrons. The molecule has 1 aromatic rings. The molecule has 5 nitrogen and oxygen atoms in total. The molecule has 2 aliphatic heterocycles. The minimum atomic E-state index is -3.52. The number of hydrogen-bond donors (Lipinski definition) is 2. The maximum absolute atomic E-state index is 12.9. The highest BCUT2D eigenvalue weighted by atomic mass is 32.2. The molecule has 0 aliphatic carbocycles. The predicted octanol–water partition coefficient (Wildman–Crippen LogP) is 0.822. The number of aliphatic hydroxyl groups excluding tert-OH is 1. The quantitative estimate of drug-likeness (QED) is 0.865.